The molecule has 116 valence electrons. The van der Waals surface area contributed by atoms with Gasteiger partial charge in [-0.25, -0.2) is 4.79 Å². The summed E-state index contributed by atoms with van der Waals surface area (Å²) in [4.78, 5) is 26.3. The fourth-order valence-electron chi connectivity index (χ4n) is 2.87. The molecule has 1 N–H and O–H groups in total. The van der Waals surface area contributed by atoms with Crippen LogP contribution in [0.15, 0.2) is 6.07 Å². The van der Waals surface area contributed by atoms with E-state index in [1.807, 2.05) is 25.7 Å². The summed E-state index contributed by atoms with van der Waals surface area (Å²) in [5, 5.41) is 9.11. The average molecular weight is 311 g/mol. The van der Waals surface area contributed by atoms with Crippen LogP contribution in [0.25, 0.3) is 0 Å². The molecule has 2 rings (SSSR count). The van der Waals surface area contributed by atoms with Crippen LogP contribution in [-0.4, -0.2) is 40.6 Å². The van der Waals surface area contributed by atoms with Gasteiger partial charge in [0.15, 0.2) is 11.5 Å². The first-order valence-electron chi connectivity index (χ1n) is 7.18. The highest BCUT2D eigenvalue weighted by molar-refractivity contribution is 7.14. The van der Waals surface area contributed by atoms with E-state index in [0.717, 1.165) is 35.5 Å². The van der Waals surface area contributed by atoms with Gasteiger partial charge in [0, 0.05) is 17.0 Å². The molecule has 6 heteroatoms. The Kier molecular flexibility index (Phi) is 4.88. The quantitative estimate of drug-likeness (QED) is 0.928. The Hall–Kier alpha value is -1.56. The molecular formula is C15H21NO4S. The van der Waals surface area contributed by atoms with Crippen molar-refractivity contribution in [3.8, 4) is 5.75 Å². The molecular weight excluding hydrogens is 290 g/mol. The summed E-state index contributed by atoms with van der Waals surface area (Å²) < 4.78 is 5.47. The van der Waals surface area contributed by atoms with Crippen LogP contribution < -0.4 is 4.74 Å². The van der Waals surface area contributed by atoms with Crippen LogP contribution in [0.2, 0.25) is 0 Å². The fourth-order valence-corrected chi connectivity index (χ4v) is 3.67. The third-order valence-electron chi connectivity index (χ3n) is 3.85. The van der Waals surface area contributed by atoms with Crippen LogP contribution in [-0.2, 0) is 4.79 Å². The lowest BCUT2D eigenvalue weighted by Gasteiger charge is -2.38. The minimum Gasteiger partial charge on any atom is -0.482 e. The first-order valence-corrected chi connectivity index (χ1v) is 7.99. The Morgan fingerprint density at radius 3 is 2.57 bits per heavy atom. The van der Waals surface area contributed by atoms with Crippen LogP contribution in [0, 0.1) is 6.92 Å². The number of aryl methyl sites for hydroxylation is 1. The molecule has 21 heavy (non-hydrogen) atoms. The van der Waals surface area contributed by atoms with Crippen LogP contribution in [0.3, 0.4) is 0 Å². The molecule has 1 fully saturated rings. The monoisotopic (exact) mass is 311 g/mol. The van der Waals surface area contributed by atoms with Crippen molar-refractivity contribution in [1.29, 1.82) is 0 Å². The Morgan fingerprint density at radius 1 is 1.38 bits per heavy atom. The molecule has 2 atom stereocenters. The van der Waals surface area contributed by atoms with Crippen LogP contribution in [0.5, 0.6) is 5.75 Å². The number of hydrogen-bond acceptors (Lipinski definition) is 4. The minimum absolute atomic E-state index is 0.0742. The Morgan fingerprint density at radius 2 is 2.00 bits per heavy atom. The second-order valence-electron chi connectivity index (χ2n) is 5.57. The maximum atomic E-state index is 12.3. The Bertz CT molecular complexity index is 530. The van der Waals surface area contributed by atoms with E-state index in [2.05, 4.69) is 0 Å². The van der Waals surface area contributed by atoms with Crippen LogP contribution in [0.1, 0.15) is 47.7 Å². The zero-order chi connectivity index (χ0) is 15.6. The van der Waals surface area contributed by atoms with Crippen LogP contribution >= 0.6 is 11.3 Å². The van der Waals surface area contributed by atoms with Crippen LogP contribution in [0.4, 0.5) is 0 Å². The van der Waals surface area contributed by atoms with Crippen molar-refractivity contribution >= 4 is 23.2 Å². The number of piperidine rings is 1. The molecule has 2 unspecified atom stereocenters. The maximum absolute atomic E-state index is 12.3. The molecule has 1 amide bonds. The van der Waals surface area contributed by atoms with Gasteiger partial charge >= 0.3 is 5.97 Å². The highest BCUT2D eigenvalue weighted by Crippen LogP contribution is 2.29. The number of carbonyl (C=O) groups is 2. The lowest BCUT2D eigenvalue weighted by Crippen LogP contribution is -2.49. The van der Waals surface area contributed by atoms with Crippen molar-refractivity contribution < 1.29 is 19.4 Å². The van der Waals surface area contributed by atoms with Gasteiger partial charge in [-0.3, -0.25) is 4.79 Å². The van der Waals surface area contributed by atoms with Crippen molar-refractivity contribution in [3.05, 3.63) is 15.8 Å². The predicted octanol–water partition coefficient (Wildman–Crippen LogP) is 2.92. The minimum atomic E-state index is -1.02. The largest absolute Gasteiger partial charge is 0.482 e. The summed E-state index contributed by atoms with van der Waals surface area (Å²) in [7, 11) is 0. The summed E-state index contributed by atoms with van der Waals surface area (Å²) >= 11 is 1.16. The van der Waals surface area contributed by atoms with Gasteiger partial charge in [-0.05, 0) is 46.1 Å². The Labute approximate surface area is 128 Å². The molecule has 1 saturated heterocycles. The lowest BCUT2D eigenvalue weighted by molar-refractivity contribution is -0.139. The molecule has 0 aliphatic carbocycles. The van der Waals surface area contributed by atoms with E-state index in [1.54, 1.807) is 6.07 Å². The van der Waals surface area contributed by atoms with Crippen molar-refractivity contribution in [2.75, 3.05) is 6.61 Å². The van der Waals surface area contributed by atoms with E-state index in [1.165, 1.54) is 0 Å². The summed E-state index contributed by atoms with van der Waals surface area (Å²) in [6.07, 6.45) is 3.15. The predicted molar refractivity (Wildman–Crippen MR) is 81.1 cm³/mol. The van der Waals surface area contributed by atoms with Gasteiger partial charge in [-0.1, -0.05) is 0 Å². The summed E-state index contributed by atoms with van der Waals surface area (Å²) in [5.74, 6) is -0.805. The molecule has 1 aromatic rings. The number of likely N-dealkylation sites (tertiary alicyclic amines) is 1. The summed E-state index contributed by atoms with van der Waals surface area (Å²) in [6.45, 7) is 5.81. The number of carboxylic acids is 1. The molecule has 1 aliphatic rings. The SMILES string of the molecule is Cc1cc(OCC(=O)N2C(C)CCCC2C)c(C(=O)O)s1. The van der Waals surface area contributed by atoms with Gasteiger partial charge in [0.1, 0.15) is 5.75 Å². The molecule has 0 spiro atoms. The standard InChI is InChI=1S/C15H21NO4S/c1-9-5-4-6-10(2)16(9)13(17)8-20-12-7-11(3)21-14(12)15(18)19/h7,9-10H,4-6,8H2,1-3H3,(H,18,19). The normalized spacial score (nSPS) is 22.1. The molecule has 5 nitrogen and oxygen atoms in total. The van der Waals surface area contributed by atoms with Gasteiger partial charge in [0.25, 0.3) is 5.91 Å². The number of thiophene rings is 1. The number of nitrogens with zero attached hydrogens (tertiary/aromatic N) is 1. The average Bonchev–Trinajstić information content (AvgIpc) is 2.77. The number of carboxylic acid groups (broad SMARTS) is 1. The van der Waals surface area contributed by atoms with E-state index in [4.69, 9.17) is 9.84 Å². The molecule has 1 aromatic heterocycles. The smallest absolute Gasteiger partial charge is 0.349 e. The Balaban J connectivity index is 2.02. The zero-order valence-electron chi connectivity index (χ0n) is 12.6. The highest BCUT2D eigenvalue weighted by Gasteiger charge is 2.29. The molecule has 0 bridgehead atoms. The van der Waals surface area contributed by atoms with Gasteiger partial charge in [0.2, 0.25) is 0 Å². The lowest BCUT2D eigenvalue weighted by atomic mass is 9.97. The second kappa shape index (κ2) is 6.47. The zero-order valence-corrected chi connectivity index (χ0v) is 13.4. The number of carbonyl (C=O) groups excluding carboxylic acids is 1. The number of rotatable bonds is 4. The van der Waals surface area contributed by atoms with Gasteiger partial charge in [0.05, 0.1) is 0 Å². The van der Waals surface area contributed by atoms with Crippen molar-refractivity contribution in [1.82, 2.24) is 4.90 Å². The van der Waals surface area contributed by atoms with E-state index >= 15 is 0 Å². The van der Waals surface area contributed by atoms with Gasteiger partial charge in [-0.2, -0.15) is 0 Å². The topological polar surface area (TPSA) is 66.8 Å². The molecule has 1 aliphatic heterocycles. The molecule has 0 radical (unpaired) electrons. The summed E-state index contributed by atoms with van der Waals surface area (Å²) in [6, 6.07) is 2.10. The van der Waals surface area contributed by atoms with Crippen molar-refractivity contribution in [2.24, 2.45) is 0 Å². The van der Waals surface area contributed by atoms with E-state index in [9.17, 15) is 9.59 Å². The number of amides is 1. The fraction of sp³-hybridized carbons (Fsp3) is 0.600. The van der Waals surface area contributed by atoms with E-state index in [-0.39, 0.29) is 35.2 Å². The number of aromatic carboxylic acids is 1. The first-order chi connectivity index (χ1) is 9.90. The molecule has 0 aromatic carbocycles. The maximum Gasteiger partial charge on any atom is 0.349 e. The third kappa shape index (κ3) is 3.56. The molecule has 0 saturated carbocycles. The highest BCUT2D eigenvalue weighted by atomic mass is 32.1. The third-order valence-corrected chi connectivity index (χ3v) is 4.87. The number of ether oxygens (including phenoxy) is 1. The number of hydrogen-bond donors (Lipinski definition) is 1. The van der Waals surface area contributed by atoms with E-state index < -0.39 is 5.97 Å². The van der Waals surface area contributed by atoms with Gasteiger partial charge in [-0.15, -0.1) is 11.3 Å². The molecule has 2 heterocycles. The second-order valence-corrected chi connectivity index (χ2v) is 6.83. The van der Waals surface area contributed by atoms with E-state index in [0.29, 0.717) is 0 Å². The van der Waals surface area contributed by atoms with Gasteiger partial charge < -0.3 is 14.7 Å². The van der Waals surface area contributed by atoms with Crippen molar-refractivity contribution in [2.45, 2.75) is 52.1 Å². The first kappa shape index (κ1) is 15.8. The summed E-state index contributed by atoms with van der Waals surface area (Å²) in [5.41, 5.74) is 0. The van der Waals surface area contributed by atoms with Crippen molar-refractivity contribution in [3.63, 3.8) is 0 Å².